The lowest BCUT2D eigenvalue weighted by Crippen LogP contribution is -1.86. The molecule has 0 aromatic heterocycles. The number of nitro benzene ring substituents is 1. The van der Waals surface area contributed by atoms with Crippen LogP contribution in [0.5, 0.6) is 0 Å². The quantitative estimate of drug-likeness (QED) is 0.516. The van der Waals surface area contributed by atoms with Gasteiger partial charge in [-0.15, -0.1) is 0 Å². The fourth-order valence-electron chi connectivity index (χ4n) is 0.536. The minimum atomic E-state index is -0.481. The van der Waals surface area contributed by atoms with E-state index in [9.17, 15) is 10.1 Å². The number of hydrogen-bond donors (Lipinski definition) is 0. The van der Waals surface area contributed by atoms with Gasteiger partial charge in [0.15, 0.2) is 0 Å². The molecule has 1 radical (unpaired) electrons. The molecule has 1 aromatic carbocycles. The smallest absolute Gasteiger partial charge is 0.258 e. The third-order valence-corrected chi connectivity index (χ3v) is 1.40. The molecule has 0 saturated heterocycles. The number of nitro groups is 1. The molecular formula is C6H3BrNO2. The van der Waals surface area contributed by atoms with E-state index in [1.807, 2.05) is 0 Å². The third kappa shape index (κ3) is 1.54. The zero-order chi connectivity index (χ0) is 7.56. The van der Waals surface area contributed by atoms with Gasteiger partial charge in [0.1, 0.15) is 0 Å². The minimum Gasteiger partial charge on any atom is -0.258 e. The predicted molar refractivity (Wildman–Crippen MR) is 39.6 cm³/mol. The number of benzene rings is 1. The van der Waals surface area contributed by atoms with E-state index < -0.39 is 4.92 Å². The second kappa shape index (κ2) is 2.79. The standard InChI is InChI=1S/C6H3BrNO2/c7-5-2-1-3-6(4-5)8(9)10/h1-3H. The summed E-state index contributed by atoms with van der Waals surface area (Å²) in [5, 5.41) is 10.1. The van der Waals surface area contributed by atoms with E-state index in [1.165, 1.54) is 6.07 Å². The normalized spacial score (nSPS) is 9.30. The van der Waals surface area contributed by atoms with Gasteiger partial charge in [-0.3, -0.25) is 10.1 Å². The first kappa shape index (κ1) is 7.21. The molecule has 0 atom stereocenters. The number of halogens is 1. The Kier molecular flexibility index (Phi) is 2.01. The second-order valence-electron chi connectivity index (χ2n) is 1.64. The Hall–Kier alpha value is -0.900. The van der Waals surface area contributed by atoms with Crippen molar-refractivity contribution in [2.24, 2.45) is 0 Å². The summed E-state index contributed by atoms with van der Waals surface area (Å²) in [7, 11) is 0. The zero-order valence-electron chi connectivity index (χ0n) is 4.87. The molecule has 0 fully saturated rings. The summed E-state index contributed by atoms with van der Waals surface area (Å²) in [5.74, 6) is 0. The third-order valence-electron chi connectivity index (χ3n) is 0.941. The maximum absolute atomic E-state index is 10.1. The monoisotopic (exact) mass is 200 g/mol. The minimum absolute atomic E-state index is 0.0191. The summed E-state index contributed by atoms with van der Waals surface area (Å²) >= 11 is 3.07. The lowest BCUT2D eigenvalue weighted by Gasteiger charge is -1.88. The Morgan fingerprint density at radius 1 is 1.60 bits per heavy atom. The van der Waals surface area contributed by atoms with Crippen molar-refractivity contribution >= 4 is 21.6 Å². The lowest BCUT2D eigenvalue weighted by atomic mass is 10.3. The summed E-state index contributed by atoms with van der Waals surface area (Å²) in [5.41, 5.74) is -0.0191. The van der Waals surface area contributed by atoms with Gasteiger partial charge in [0, 0.05) is 10.5 Å². The van der Waals surface area contributed by atoms with E-state index >= 15 is 0 Å². The highest BCUT2D eigenvalue weighted by Gasteiger charge is 2.03. The first-order valence-electron chi connectivity index (χ1n) is 2.52. The van der Waals surface area contributed by atoms with E-state index in [0.29, 0.717) is 4.47 Å². The van der Waals surface area contributed by atoms with E-state index in [0.717, 1.165) is 0 Å². The Morgan fingerprint density at radius 2 is 2.30 bits per heavy atom. The van der Waals surface area contributed by atoms with Crippen molar-refractivity contribution in [3.63, 3.8) is 0 Å². The molecule has 0 unspecified atom stereocenters. The summed E-state index contributed by atoms with van der Waals surface area (Å²) in [6, 6.07) is 7.20. The number of nitrogens with zero attached hydrogens (tertiary/aromatic N) is 1. The molecule has 0 amide bonds. The number of rotatable bonds is 1. The van der Waals surface area contributed by atoms with Crippen LogP contribution in [0.4, 0.5) is 5.69 Å². The summed E-state index contributed by atoms with van der Waals surface area (Å²) in [6.07, 6.45) is 0. The molecule has 0 aliphatic rings. The highest BCUT2D eigenvalue weighted by Crippen LogP contribution is 2.15. The van der Waals surface area contributed by atoms with Crippen molar-refractivity contribution in [1.29, 1.82) is 0 Å². The van der Waals surface area contributed by atoms with Crippen molar-refractivity contribution < 1.29 is 4.92 Å². The molecule has 0 aliphatic carbocycles. The average Bonchev–Trinajstić information content (AvgIpc) is 1.88. The zero-order valence-corrected chi connectivity index (χ0v) is 6.46. The van der Waals surface area contributed by atoms with Gasteiger partial charge in [-0.05, 0) is 22.0 Å². The molecule has 3 nitrogen and oxygen atoms in total. The first-order chi connectivity index (χ1) is 4.70. The molecule has 1 rings (SSSR count). The Morgan fingerprint density at radius 3 is 2.70 bits per heavy atom. The summed E-state index contributed by atoms with van der Waals surface area (Å²) in [6.45, 7) is 0. The Bertz CT molecular complexity index is 262. The van der Waals surface area contributed by atoms with Crippen LogP contribution in [0, 0.1) is 16.2 Å². The predicted octanol–water partition coefficient (Wildman–Crippen LogP) is 2.16. The summed E-state index contributed by atoms with van der Waals surface area (Å²) < 4.78 is 0.599. The highest BCUT2D eigenvalue weighted by molar-refractivity contribution is 9.10. The topological polar surface area (TPSA) is 43.1 Å². The molecule has 10 heavy (non-hydrogen) atoms. The largest absolute Gasteiger partial charge is 0.278 e. The van der Waals surface area contributed by atoms with Gasteiger partial charge in [-0.2, -0.15) is 0 Å². The Labute approximate surface area is 66.0 Å². The molecule has 0 N–H and O–H groups in total. The van der Waals surface area contributed by atoms with E-state index in [4.69, 9.17) is 0 Å². The molecular weight excluding hydrogens is 198 g/mol. The Balaban J connectivity index is 3.07. The van der Waals surface area contributed by atoms with Crippen LogP contribution in [0.2, 0.25) is 0 Å². The van der Waals surface area contributed by atoms with Gasteiger partial charge in [-0.25, -0.2) is 0 Å². The van der Waals surface area contributed by atoms with Gasteiger partial charge < -0.3 is 0 Å². The molecule has 4 heteroatoms. The SMILES string of the molecule is O=[N+]([O-])c1[c]c(Br)ccc1. The highest BCUT2D eigenvalue weighted by atomic mass is 79.9. The van der Waals surface area contributed by atoms with Crippen LogP contribution in [0.3, 0.4) is 0 Å². The molecule has 1 aromatic rings. The van der Waals surface area contributed by atoms with Gasteiger partial charge in [0.2, 0.25) is 0 Å². The fraction of sp³-hybridized carbons (Fsp3) is 0. The van der Waals surface area contributed by atoms with Crippen molar-refractivity contribution in [3.8, 4) is 0 Å². The van der Waals surface area contributed by atoms with Crippen LogP contribution in [0.1, 0.15) is 0 Å². The van der Waals surface area contributed by atoms with Gasteiger partial charge in [0.25, 0.3) is 5.69 Å². The van der Waals surface area contributed by atoms with Crippen LogP contribution < -0.4 is 0 Å². The molecule has 51 valence electrons. The van der Waals surface area contributed by atoms with Crippen LogP contribution in [0.25, 0.3) is 0 Å². The van der Waals surface area contributed by atoms with Crippen LogP contribution in [-0.2, 0) is 0 Å². The molecule has 0 spiro atoms. The molecule has 0 aliphatic heterocycles. The second-order valence-corrected chi connectivity index (χ2v) is 2.50. The first-order valence-corrected chi connectivity index (χ1v) is 3.31. The van der Waals surface area contributed by atoms with Crippen LogP contribution in [0.15, 0.2) is 22.7 Å². The average molecular weight is 201 g/mol. The molecule has 0 bridgehead atoms. The van der Waals surface area contributed by atoms with Crippen molar-refractivity contribution in [3.05, 3.63) is 38.9 Å². The number of non-ortho nitro benzene ring substituents is 1. The maximum atomic E-state index is 10.1. The van der Waals surface area contributed by atoms with Crippen LogP contribution in [-0.4, -0.2) is 4.92 Å². The summed E-state index contributed by atoms with van der Waals surface area (Å²) in [4.78, 5) is 9.63. The van der Waals surface area contributed by atoms with E-state index in [2.05, 4.69) is 22.0 Å². The van der Waals surface area contributed by atoms with Crippen molar-refractivity contribution in [2.45, 2.75) is 0 Å². The van der Waals surface area contributed by atoms with Gasteiger partial charge in [-0.1, -0.05) is 6.07 Å². The van der Waals surface area contributed by atoms with Crippen molar-refractivity contribution in [1.82, 2.24) is 0 Å². The van der Waals surface area contributed by atoms with E-state index in [-0.39, 0.29) is 5.69 Å². The van der Waals surface area contributed by atoms with Gasteiger partial charge in [0.05, 0.1) is 11.0 Å². The van der Waals surface area contributed by atoms with Gasteiger partial charge >= 0.3 is 0 Å². The fourth-order valence-corrected chi connectivity index (χ4v) is 0.892. The number of hydrogen-bond acceptors (Lipinski definition) is 2. The lowest BCUT2D eigenvalue weighted by molar-refractivity contribution is -0.385. The molecule has 0 heterocycles. The molecule has 0 saturated carbocycles. The van der Waals surface area contributed by atoms with E-state index in [1.54, 1.807) is 12.1 Å². The maximum Gasteiger partial charge on any atom is 0.278 e. The van der Waals surface area contributed by atoms with Crippen molar-refractivity contribution in [2.75, 3.05) is 0 Å². The van der Waals surface area contributed by atoms with Crippen LogP contribution >= 0.6 is 15.9 Å².